The lowest BCUT2D eigenvalue weighted by Gasteiger charge is -2.10. The van der Waals surface area contributed by atoms with Crippen molar-refractivity contribution in [2.75, 3.05) is 13.4 Å². The highest BCUT2D eigenvalue weighted by atomic mass is 19.1. The van der Waals surface area contributed by atoms with Crippen molar-refractivity contribution in [1.82, 2.24) is 0 Å². The zero-order valence-corrected chi connectivity index (χ0v) is 8.99. The number of hydrogen-bond acceptors (Lipinski definition) is 3. The molecule has 0 bridgehead atoms. The van der Waals surface area contributed by atoms with Crippen LogP contribution in [0.25, 0.3) is 0 Å². The summed E-state index contributed by atoms with van der Waals surface area (Å²) in [4.78, 5) is 0. The number of halogens is 1. The van der Waals surface area contributed by atoms with Gasteiger partial charge in [-0.15, -0.1) is 0 Å². The van der Waals surface area contributed by atoms with Gasteiger partial charge >= 0.3 is 0 Å². The molecule has 0 aromatic heterocycles. The number of benzene rings is 1. The van der Waals surface area contributed by atoms with E-state index in [0.29, 0.717) is 17.2 Å². The second kappa shape index (κ2) is 5.27. The zero-order chi connectivity index (χ0) is 11.4. The molecule has 1 fully saturated rings. The van der Waals surface area contributed by atoms with Crippen molar-refractivity contribution < 1.29 is 19.0 Å². The van der Waals surface area contributed by atoms with Gasteiger partial charge in [0.15, 0.2) is 6.79 Å². The molecule has 16 heavy (non-hydrogen) atoms. The molecule has 0 radical (unpaired) electrons. The van der Waals surface area contributed by atoms with E-state index in [1.807, 2.05) is 0 Å². The van der Waals surface area contributed by atoms with E-state index in [9.17, 15) is 4.39 Å². The molecule has 4 heteroatoms. The molecule has 88 valence electrons. The number of hydrogen-bond donors (Lipinski definition) is 1. The number of aliphatic hydroxyl groups is 1. The topological polar surface area (TPSA) is 38.7 Å². The first kappa shape index (κ1) is 11.4. The van der Waals surface area contributed by atoms with Gasteiger partial charge in [0.1, 0.15) is 11.6 Å². The summed E-state index contributed by atoms with van der Waals surface area (Å²) < 4.78 is 23.4. The van der Waals surface area contributed by atoms with Crippen LogP contribution >= 0.6 is 0 Å². The van der Waals surface area contributed by atoms with Gasteiger partial charge < -0.3 is 14.6 Å². The Labute approximate surface area is 93.8 Å². The largest absolute Gasteiger partial charge is 0.467 e. The van der Waals surface area contributed by atoms with E-state index in [0.717, 1.165) is 6.61 Å². The Hall–Kier alpha value is -1.13. The molecule has 1 aliphatic rings. The number of aliphatic hydroxyl groups excluding tert-OH is 1. The van der Waals surface area contributed by atoms with Crippen LogP contribution in [-0.2, 0) is 11.3 Å². The Kier molecular flexibility index (Phi) is 3.74. The number of rotatable bonds is 6. The SMILES string of the molecule is OCc1cc(F)ccc1OCOCC1CC1. The second-order valence-corrected chi connectivity index (χ2v) is 3.99. The van der Waals surface area contributed by atoms with Crippen LogP contribution in [0, 0.1) is 11.7 Å². The first-order valence-electron chi connectivity index (χ1n) is 5.39. The fourth-order valence-electron chi connectivity index (χ4n) is 1.42. The van der Waals surface area contributed by atoms with E-state index in [1.165, 1.54) is 31.0 Å². The Morgan fingerprint density at radius 1 is 1.38 bits per heavy atom. The molecule has 1 saturated carbocycles. The Morgan fingerprint density at radius 3 is 2.88 bits per heavy atom. The lowest BCUT2D eigenvalue weighted by atomic mass is 10.2. The van der Waals surface area contributed by atoms with E-state index >= 15 is 0 Å². The van der Waals surface area contributed by atoms with Gasteiger partial charge in [-0.25, -0.2) is 4.39 Å². The van der Waals surface area contributed by atoms with Crippen molar-refractivity contribution in [3.63, 3.8) is 0 Å². The highest BCUT2D eigenvalue weighted by Gasteiger charge is 2.21. The molecule has 0 amide bonds. The molecule has 0 unspecified atom stereocenters. The summed E-state index contributed by atoms with van der Waals surface area (Å²) in [7, 11) is 0. The maximum absolute atomic E-state index is 12.8. The summed E-state index contributed by atoms with van der Waals surface area (Å²) in [6.07, 6.45) is 2.47. The molecule has 3 nitrogen and oxygen atoms in total. The van der Waals surface area contributed by atoms with E-state index in [2.05, 4.69) is 0 Å². The molecular weight excluding hydrogens is 211 g/mol. The summed E-state index contributed by atoms with van der Waals surface area (Å²) in [5, 5.41) is 9.01. The van der Waals surface area contributed by atoms with Gasteiger partial charge in [-0.3, -0.25) is 0 Å². The third-order valence-corrected chi connectivity index (χ3v) is 2.54. The molecule has 0 aliphatic heterocycles. The van der Waals surface area contributed by atoms with Gasteiger partial charge in [-0.2, -0.15) is 0 Å². The molecule has 0 spiro atoms. The summed E-state index contributed by atoms with van der Waals surface area (Å²) >= 11 is 0. The molecule has 0 saturated heterocycles. The molecular formula is C12H15FO3. The molecule has 1 aromatic rings. The minimum Gasteiger partial charge on any atom is -0.467 e. The lowest BCUT2D eigenvalue weighted by Crippen LogP contribution is -2.06. The first-order valence-corrected chi connectivity index (χ1v) is 5.39. The minimum absolute atomic E-state index is 0.148. The Morgan fingerprint density at radius 2 is 2.19 bits per heavy atom. The van der Waals surface area contributed by atoms with Gasteiger partial charge in [-0.05, 0) is 37.0 Å². The summed E-state index contributed by atoms with van der Waals surface area (Å²) in [5.41, 5.74) is 0.440. The highest BCUT2D eigenvalue weighted by molar-refractivity contribution is 5.33. The summed E-state index contributed by atoms with van der Waals surface area (Å²) in [6, 6.07) is 4.06. The smallest absolute Gasteiger partial charge is 0.189 e. The van der Waals surface area contributed by atoms with Crippen molar-refractivity contribution in [3.8, 4) is 5.75 Å². The van der Waals surface area contributed by atoms with Crippen LogP contribution in [-0.4, -0.2) is 18.5 Å². The molecule has 1 aromatic carbocycles. The third-order valence-electron chi connectivity index (χ3n) is 2.54. The fourth-order valence-corrected chi connectivity index (χ4v) is 1.42. The van der Waals surface area contributed by atoms with Crippen LogP contribution in [0.1, 0.15) is 18.4 Å². The van der Waals surface area contributed by atoms with Crippen molar-refractivity contribution in [1.29, 1.82) is 0 Å². The van der Waals surface area contributed by atoms with E-state index in [-0.39, 0.29) is 19.2 Å². The van der Waals surface area contributed by atoms with Crippen LogP contribution < -0.4 is 4.74 Å². The predicted octanol–water partition coefficient (Wildman–Crippen LogP) is 2.08. The van der Waals surface area contributed by atoms with E-state index in [1.54, 1.807) is 0 Å². The third kappa shape index (κ3) is 3.18. The van der Waals surface area contributed by atoms with Gasteiger partial charge in [0.25, 0.3) is 0 Å². The maximum Gasteiger partial charge on any atom is 0.189 e. The van der Waals surface area contributed by atoms with Crippen molar-refractivity contribution in [2.24, 2.45) is 5.92 Å². The second-order valence-electron chi connectivity index (χ2n) is 3.99. The standard InChI is InChI=1S/C12H15FO3/c13-11-3-4-12(10(5-11)6-14)16-8-15-7-9-1-2-9/h3-5,9,14H,1-2,6-8H2. The molecule has 2 rings (SSSR count). The van der Waals surface area contributed by atoms with Gasteiger partial charge in [-0.1, -0.05) is 0 Å². The van der Waals surface area contributed by atoms with Crippen molar-refractivity contribution >= 4 is 0 Å². The van der Waals surface area contributed by atoms with Gasteiger partial charge in [0.05, 0.1) is 13.2 Å². The maximum atomic E-state index is 12.8. The average molecular weight is 226 g/mol. The molecule has 1 aliphatic carbocycles. The van der Waals surface area contributed by atoms with E-state index in [4.69, 9.17) is 14.6 Å². The van der Waals surface area contributed by atoms with Crippen LogP contribution in [0.4, 0.5) is 4.39 Å². The van der Waals surface area contributed by atoms with Gasteiger partial charge in [0, 0.05) is 5.56 Å². The molecule has 0 atom stereocenters. The summed E-state index contributed by atoms with van der Waals surface area (Å²) in [6.45, 7) is 0.625. The normalized spacial score (nSPS) is 15.1. The van der Waals surface area contributed by atoms with E-state index < -0.39 is 0 Å². The predicted molar refractivity (Wildman–Crippen MR) is 56.5 cm³/mol. The Bertz CT molecular complexity index is 350. The molecule has 1 N–H and O–H groups in total. The fraction of sp³-hybridized carbons (Fsp3) is 0.500. The Balaban J connectivity index is 1.82. The minimum atomic E-state index is -0.379. The quantitative estimate of drug-likeness (QED) is 0.596. The van der Waals surface area contributed by atoms with Crippen LogP contribution in [0.3, 0.4) is 0 Å². The van der Waals surface area contributed by atoms with Crippen LogP contribution in [0.2, 0.25) is 0 Å². The van der Waals surface area contributed by atoms with Gasteiger partial charge in [0.2, 0.25) is 0 Å². The first-order chi connectivity index (χ1) is 7.79. The van der Waals surface area contributed by atoms with Crippen molar-refractivity contribution in [2.45, 2.75) is 19.4 Å². The highest BCUT2D eigenvalue weighted by Crippen LogP contribution is 2.28. The molecule has 0 heterocycles. The average Bonchev–Trinajstić information content (AvgIpc) is 3.09. The summed E-state index contributed by atoms with van der Waals surface area (Å²) in [5.74, 6) is 0.782. The van der Waals surface area contributed by atoms with Crippen LogP contribution in [0.5, 0.6) is 5.75 Å². The van der Waals surface area contributed by atoms with Crippen LogP contribution in [0.15, 0.2) is 18.2 Å². The lowest BCUT2D eigenvalue weighted by molar-refractivity contribution is 0.00886. The number of ether oxygens (including phenoxy) is 2. The van der Waals surface area contributed by atoms with Crippen molar-refractivity contribution in [3.05, 3.63) is 29.6 Å². The zero-order valence-electron chi connectivity index (χ0n) is 8.99. The monoisotopic (exact) mass is 226 g/mol.